The predicted molar refractivity (Wildman–Crippen MR) is 101 cm³/mol. The fourth-order valence-corrected chi connectivity index (χ4v) is 2.49. The molecule has 1 N–H and O–H groups in total. The summed E-state index contributed by atoms with van der Waals surface area (Å²) in [5.74, 6) is -0.252. The lowest BCUT2D eigenvalue weighted by Crippen LogP contribution is -2.14. The van der Waals surface area contributed by atoms with Crippen LogP contribution in [0.2, 0.25) is 0 Å². The first-order valence-corrected chi connectivity index (χ1v) is 7.90. The number of nitrogens with zero attached hydrogens (tertiary/aromatic N) is 1. The molecule has 0 spiro atoms. The lowest BCUT2D eigenvalue weighted by atomic mass is 10.0. The average Bonchev–Trinajstić information content (AvgIpc) is 2.68. The minimum atomic E-state index is -0.252. The number of nitrogens with one attached hydrogen (secondary N) is 1. The SMILES string of the molecule is N#Cc1ccccc1NC(=O)/C(=C/c1ccccc1)c1ccccc1. The molecule has 0 aliphatic carbocycles. The zero-order valence-electron chi connectivity index (χ0n) is 13.5. The summed E-state index contributed by atoms with van der Waals surface area (Å²) in [5, 5.41) is 12.1. The van der Waals surface area contributed by atoms with E-state index in [2.05, 4.69) is 11.4 Å². The topological polar surface area (TPSA) is 52.9 Å². The molecule has 0 saturated carbocycles. The molecule has 0 heterocycles. The third-order valence-electron chi connectivity index (χ3n) is 3.74. The van der Waals surface area contributed by atoms with Gasteiger partial charge < -0.3 is 5.32 Å². The second kappa shape index (κ2) is 7.76. The van der Waals surface area contributed by atoms with Gasteiger partial charge in [0.15, 0.2) is 0 Å². The Morgan fingerprint density at radius 1 is 0.840 bits per heavy atom. The number of para-hydroxylation sites is 1. The van der Waals surface area contributed by atoms with Gasteiger partial charge in [0.2, 0.25) is 0 Å². The molecular formula is C22H16N2O. The first-order valence-electron chi connectivity index (χ1n) is 7.90. The first-order chi connectivity index (χ1) is 12.3. The molecule has 0 saturated heterocycles. The molecule has 1 amide bonds. The molecule has 0 aromatic heterocycles. The molecule has 3 heteroatoms. The van der Waals surface area contributed by atoms with E-state index in [-0.39, 0.29) is 5.91 Å². The fraction of sp³-hybridized carbons (Fsp3) is 0. The maximum Gasteiger partial charge on any atom is 0.256 e. The maximum absolute atomic E-state index is 12.9. The summed E-state index contributed by atoms with van der Waals surface area (Å²) >= 11 is 0. The van der Waals surface area contributed by atoms with Crippen LogP contribution in [0.25, 0.3) is 11.6 Å². The van der Waals surface area contributed by atoms with Crippen LogP contribution in [0.15, 0.2) is 84.9 Å². The van der Waals surface area contributed by atoms with Gasteiger partial charge in [0.05, 0.1) is 11.3 Å². The van der Waals surface area contributed by atoms with Crippen LogP contribution in [-0.2, 0) is 4.79 Å². The summed E-state index contributed by atoms with van der Waals surface area (Å²) in [7, 11) is 0. The quantitative estimate of drug-likeness (QED) is 0.557. The zero-order valence-corrected chi connectivity index (χ0v) is 13.5. The van der Waals surface area contributed by atoms with E-state index >= 15 is 0 Å². The molecule has 3 nitrogen and oxygen atoms in total. The van der Waals surface area contributed by atoms with Crippen molar-refractivity contribution in [3.05, 3.63) is 102 Å². The van der Waals surface area contributed by atoms with Crippen molar-refractivity contribution in [2.75, 3.05) is 5.32 Å². The monoisotopic (exact) mass is 324 g/mol. The smallest absolute Gasteiger partial charge is 0.256 e. The second-order valence-electron chi connectivity index (χ2n) is 5.45. The van der Waals surface area contributed by atoms with Crippen LogP contribution in [0.5, 0.6) is 0 Å². The lowest BCUT2D eigenvalue weighted by molar-refractivity contribution is -0.111. The van der Waals surface area contributed by atoms with Crippen molar-refractivity contribution in [2.45, 2.75) is 0 Å². The molecule has 0 atom stereocenters. The molecule has 0 fully saturated rings. The van der Waals surface area contributed by atoms with Gasteiger partial charge in [0, 0.05) is 5.57 Å². The molecule has 0 unspecified atom stereocenters. The number of nitriles is 1. The Balaban J connectivity index is 1.99. The van der Waals surface area contributed by atoms with Crippen LogP contribution in [0.1, 0.15) is 16.7 Å². The summed E-state index contributed by atoms with van der Waals surface area (Å²) in [6.45, 7) is 0. The van der Waals surface area contributed by atoms with Crippen molar-refractivity contribution in [3.63, 3.8) is 0 Å². The Morgan fingerprint density at radius 3 is 2.12 bits per heavy atom. The van der Waals surface area contributed by atoms with E-state index in [0.717, 1.165) is 11.1 Å². The molecule has 3 rings (SSSR count). The van der Waals surface area contributed by atoms with Gasteiger partial charge in [-0.05, 0) is 29.3 Å². The highest BCUT2D eigenvalue weighted by Gasteiger charge is 2.14. The molecule has 25 heavy (non-hydrogen) atoms. The second-order valence-corrected chi connectivity index (χ2v) is 5.45. The number of carbonyl (C=O) groups is 1. The van der Waals surface area contributed by atoms with E-state index in [1.54, 1.807) is 24.3 Å². The van der Waals surface area contributed by atoms with E-state index in [4.69, 9.17) is 0 Å². The van der Waals surface area contributed by atoms with Gasteiger partial charge >= 0.3 is 0 Å². The summed E-state index contributed by atoms with van der Waals surface area (Å²) in [5.41, 5.74) is 3.23. The molecule has 0 aliphatic rings. The Hall–Kier alpha value is -3.64. The van der Waals surface area contributed by atoms with Crippen molar-refractivity contribution < 1.29 is 4.79 Å². The molecule has 3 aromatic rings. The minimum Gasteiger partial charge on any atom is -0.321 e. The minimum absolute atomic E-state index is 0.252. The number of carbonyl (C=O) groups excluding carboxylic acids is 1. The summed E-state index contributed by atoms with van der Waals surface area (Å²) < 4.78 is 0. The van der Waals surface area contributed by atoms with Crippen LogP contribution in [0, 0.1) is 11.3 Å². The molecule has 0 bridgehead atoms. The van der Waals surface area contributed by atoms with Crippen LogP contribution in [0.4, 0.5) is 5.69 Å². The van der Waals surface area contributed by atoms with Gasteiger partial charge in [-0.15, -0.1) is 0 Å². The zero-order chi connectivity index (χ0) is 17.5. The summed E-state index contributed by atoms with van der Waals surface area (Å²) in [6.07, 6.45) is 1.85. The fourth-order valence-electron chi connectivity index (χ4n) is 2.49. The standard InChI is InChI=1S/C22H16N2O/c23-16-19-13-7-8-14-21(19)24-22(25)20(18-11-5-2-6-12-18)15-17-9-3-1-4-10-17/h1-15H,(H,24,25)/b20-15+. The Labute approximate surface area is 146 Å². The van der Waals surface area contributed by atoms with Crippen LogP contribution >= 0.6 is 0 Å². The van der Waals surface area contributed by atoms with E-state index < -0.39 is 0 Å². The summed E-state index contributed by atoms with van der Waals surface area (Å²) in [6, 6.07) is 28.2. The lowest BCUT2D eigenvalue weighted by Gasteiger charge is -2.11. The highest BCUT2D eigenvalue weighted by Crippen LogP contribution is 2.22. The van der Waals surface area contributed by atoms with Crippen LogP contribution < -0.4 is 5.32 Å². The normalized spacial score (nSPS) is 10.8. The van der Waals surface area contributed by atoms with Crippen molar-refractivity contribution >= 4 is 23.2 Å². The Morgan fingerprint density at radius 2 is 1.44 bits per heavy atom. The van der Waals surface area contributed by atoms with E-state index in [0.29, 0.717) is 16.8 Å². The number of benzene rings is 3. The van der Waals surface area contributed by atoms with Crippen molar-refractivity contribution in [3.8, 4) is 6.07 Å². The third kappa shape index (κ3) is 4.01. The molecule has 0 radical (unpaired) electrons. The van der Waals surface area contributed by atoms with Crippen molar-refractivity contribution in [1.29, 1.82) is 5.26 Å². The largest absolute Gasteiger partial charge is 0.321 e. The van der Waals surface area contributed by atoms with Crippen LogP contribution in [-0.4, -0.2) is 5.91 Å². The highest BCUT2D eigenvalue weighted by molar-refractivity contribution is 6.29. The molecular weight excluding hydrogens is 308 g/mol. The van der Waals surface area contributed by atoms with Gasteiger partial charge in [-0.25, -0.2) is 0 Å². The van der Waals surface area contributed by atoms with Crippen molar-refractivity contribution in [2.24, 2.45) is 0 Å². The van der Waals surface area contributed by atoms with Crippen molar-refractivity contribution in [1.82, 2.24) is 0 Å². The molecule has 0 aliphatic heterocycles. The average molecular weight is 324 g/mol. The predicted octanol–water partition coefficient (Wildman–Crippen LogP) is 4.74. The van der Waals surface area contributed by atoms with Gasteiger partial charge in [-0.3, -0.25) is 4.79 Å². The van der Waals surface area contributed by atoms with Gasteiger partial charge in [-0.2, -0.15) is 5.26 Å². The number of rotatable bonds is 4. The maximum atomic E-state index is 12.9. The van der Waals surface area contributed by atoms with Gasteiger partial charge in [-0.1, -0.05) is 72.8 Å². The molecule has 3 aromatic carbocycles. The highest BCUT2D eigenvalue weighted by atomic mass is 16.1. The van der Waals surface area contributed by atoms with Crippen LogP contribution in [0.3, 0.4) is 0 Å². The number of hydrogen-bond donors (Lipinski definition) is 1. The van der Waals surface area contributed by atoms with E-state index in [1.807, 2.05) is 66.7 Å². The summed E-state index contributed by atoms with van der Waals surface area (Å²) in [4.78, 5) is 12.9. The van der Waals surface area contributed by atoms with Gasteiger partial charge in [0.25, 0.3) is 5.91 Å². The number of hydrogen-bond acceptors (Lipinski definition) is 2. The molecule has 120 valence electrons. The number of anilines is 1. The third-order valence-corrected chi connectivity index (χ3v) is 3.74. The Kier molecular flexibility index (Phi) is 5.04. The van der Waals surface area contributed by atoms with E-state index in [9.17, 15) is 10.1 Å². The first kappa shape index (κ1) is 16.2. The number of amides is 1. The van der Waals surface area contributed by atoms with Gasteiger partial charge in [0.1, 0.15) is 6.07 Å². The van der Waals surface area contributed by atoms with E-state index in [1.165, 1.54) is 0 Å². The Bertz CT molecular complexity index is 939.